The summed E-state index contributed by atoms with van der Waals surface area (Å²) in [4.78, 5) is 24.2. The number of carbonyl (C=O) groups excluding carboxylic acids is 1. The van der Waals surface area contributed by atoms with Crippen molar-refractivity contribution in [1.29, 1.82) is 0 Å². The van der Waals surface area contributed by atoms with Crippen molar-refractivity contribution in [3.05, 3.63) is 83.3 Å². The zero-order chi connectivity index (χ0) is 18.8. The molecule has 0 bridgehead atoms. The molecule has 4 aromatic rings. The molecule has 0 saturated heterocycles. The van der Waals surface area contributed by atoms with E-state index in [1.165, 1.54) is 10.7 Å². The van der Waals surface area contributed by atoms with Crippen LogP contribution in [0, 0.1) is 0 Å². The first-order valence-corrected chi connectivity index (χ1v) is 8.59. The van der Waals surface area contributed by atoms with E-state index < -0.39 is 0 Å². The van der Waals surface area contributed by atoms with Crippen molar-refractivity contribution in [2.24, 2.45) is 7.05 Å². The van der Waals surface area contributed by atoms with Gasteiger partial charge in [-0.15, -0.1) is 0 Å². The van der Waals surface area contributed by atoms with Crippen LogP contribution in [0.2, 0.25) is 0 Å². The highest BCUT2D eigenvalue weighted by Gasteiger charge is 2.11. The average molecular weight is 358 g/mol. The molecule has 0 fully saturated rings. The number of nitrogens with zero attached hydrogens (tertiary/aromatic N) is 3. The fraction of sp³-hybridized carbons (Fsp3) is 0.0952. The van der Waals surface area contributed by atoms with Gasteiger partial charge in [-0.05, 0) is 29.7 Å². The lowest BCUT2D eigenvalue weighted by molar-refractivity contribution is -0.116. The van der Waals surface area contributed by atoms with Crippen LogP contribution in [0.15, 0.2) is 77.7 Å². The molecule has 0 saturated carbocycles. The summed E-state index contributed by atoms with van der Waals surface area (Å²) in [6, 6.07) is 20.5. The van der Waals surface area contributed by atoms with E-state index in [2.05, 4.69) is 10.4 Å². The van der Waals surface area contributed by atoms with Gasteiger partial charge in [0, 0.05) is 30.4 Å². The van der Waals surface area contributed by atoms with E-state index in [9.17, 15) is 9.59 Å². The Morgan fingerprint density at radius 1 is 1.00 bits per heavy atom. The minimum absolute atomic E-state index is 0.131. The van der Waals surface area contributed by atoms with E-state index in [0.29, 0.717) is 11.4 Å². The molecule has 2 heterocycles. The number of hydrogen-bond donors (Lipinski definition) is 1. The highest BCUT2D eigenvalue weighted by Crippen LogP contribution is 2.25. The summed E-state index contributed by atoms with van der Waals surface area (Å²) in [5.41, 5.74) is 2.88. The van der Waals surface area contributed by atoms with Crippen LogP contribution in [-0.4, -0.2) is 20.3 Å². The van der Waals surface area contributed by atoms with Gasteiger partial charge in [-0.25, -0.2) is 4.68 Å². The Morgan fingerprint density at radius 2 is 1.78 bits per heavy atom. The molecule has 0 unspecified atom stereocenters. The first-order valence-electron chi connectivity index (χ1n) is 8.59. The van der Waals surface area contributed by atoms with Crippen molar-refractivity contribution < 1.29 is 4.79 Å². The molecule has 0 aliphatic rings. The van der Waals surface area contributed by atoms with Crippen LogP contribution < -0.4 is 10.9 Å². The third-order valence-corrected chi connectivity index (χ3v) is 4.43. The van der Waals surface area contributed by atoms with E-state index in [-0.39, 0.29) is 18.0 Å². The normalized spacial score (nSPS) is 10.9. The van der Waals surface area contributed by atoms with Crippen LogP contribution in [-0.2, 0) is 18.4 Å². The summed E-state index contributed by atoms with van der Waals surface area (Å²) in [7, 11) is 1.60. The molecule has 0 radical (unpaired) electrons. The second-order valence-electron chi connectivity index (χ2n) is 6.28. The number of aryl methyl sites for hydroxylation is 1. The second kappa shape index (κ2) is 6.92. The molecule has 1 N–H and O–H groups in total. The van der Waals surface area contributed by atoms with Gasteiger partial charge in [0.05, 0.1) is 11.4 Å². The van der Waals surface area contributed by atoms with E-state index >= 15 is 0 Å². The molecular weight excluding hydrogens is 340 g/mol. The molecule has 134 valence electrons. The summed E-state index contributed by atoms with van der Waals surface area (Å²) >= 11 is 0. The van der Waals surface area contributed by atoms with Crippen molar-refractivity contribution in [3.63, 3.8) is 0 Å². The topological polar surface area (TPSA) is 68.9 Å². The number of benzene rings is 2. The smallest absolute Gasteiger partial charge is 0.266 e. The lowest BCUT2D eigenvalue weighted by Crippen LogP contribution is -2.20. The van der Waals surface area contributed by atoms with Gasteiger partial charge < -0.3 is 9.88 Å². The number of fused-ring (bicyclic) bond motifs is 1. The Morgan fingerprint density at radius 3 is 2.63 bits per heavy atom. The zero-order valence-electron chi connectivity index (χ0n) is 14.8. The van der Waals surface area contributed by atoms with Gasteiger partial charge in [0.2, 0.25) is 5.91 Å². The van der Waals surface area contributed by atoms with E-state index in [1.807, 2.05) is 65.4 Å². The molecule has 6 nitrogen and oxygen atoms in total. The maximum atomic E-state index is 12.6. The zero-order valence-corrected chi connectivity index (χ0v) is 14.8. The Labute approximate surface area is 155 Å². The molecule has 0 atom stereocenters. The molecule has 2 aromatic carbocycles. The molecule has 0 spiro atoms. The molecule has 6 heteroatoms. The van der Waals surface area contributed by atoms with Crippen LogP contribution in [0.25, 0.3) is 22.2 Å². The number of carbonyl (C=O) groups is 1. The molecule has 2 aromatic heterocycles. The predicted octanol–water partition coefficient (Wildman–Crippen LogP) is 3.04. The minimum Gasteiger partial charge on any atom is -0.338 e. The Balaban J connectivity index is 1.60. The Kier molecular flexibility index (Phi) is 4.30. The summed E-state index contributed by atoms with van der Waals surface area (Å²) < 4.78 is 3.19. The van der Waals surface area contributed by atoms with E-state index in [4.69, 9.17) is 0 Å². The molecule has 27 heavy (non-hydrogen) atoms. The van der Waals surface area contributed by atoms with Crippen molar-refractivity contribution in [2.75, 3.05) is 5.32 Å². The highest BCUT2D eigenvalue weighted by molar-refractivity contribution is 5.95. The van der Waals surface area contributed by atoms with Gasteiger partial charge in [0.1, 0.15) is 6.54 Å². The quantitative estimate of drug-likeness (QED) is 0.610. The molecule has 0 aliphatic carbocycles. The van der Waals surface area contributed by atoms with Crippen LogP contribution in [0.5, 0.6) is 0 Å². The number of nitrogens with one attached hydrogen (secondary N) is 1. The predicted molar refractivity (Wildman–Crippen MR) is 105 cm³/mol. The van der Waals surface area contributed by atoms with Gasteiger partial charge in [-0.2, -0.15) is 5.10 Å². The third kappa shape index (κ3) is 3.37. The van der Waals surface area contributed by atoms with E-state index in [0.717, 1.165) is 16.5 Å². The van der Waals surface area contributed by atoms with Crippen molar-refractivity contribution >= 4 is 22.5 Å². The molecule has 1 amide bonds. The van der Waals surface area contributed by atoms with Crippen LogP contribution in [0.4, 0.5) is 5.69 Å². The number of para-hydroxylation sites is 2. The number of hydrogen-bond acceptors (Lipinski definition) is 3. The highest BCUT2D eigenvalue weighted by atomic mass is 16.2. The number of amides is 1. The number of rotatable bonds is 4. The van der Waals surface area contributed by atoms with Gasteiger partial charge in [0.25, 0.3) is 5.56 Å². The Bertz CT molecular complexity index is 1190. The number of aromatic nitrogens is 3. The Hall–Kier alpha value is -3.67. The summed E-state index contributed by atoms with van der Waals surface area (Å²) in [6.45, 7) is 0.211. The second-order valence-corrected chi connectivity index (χ2v) is 6.28. The summed E-state index contributed by atoms with van der Waals surface area (Å²) in [6.07, 6.45) is 1.91. The first-order chi connectivity index (χ1) is 13.1. The first kappa shape index (κ1) is 16.8. The maximum absolute atomic E-state index is 12.6. The van der Waals surface area contributed by atoms with Crippen LogP contribution in [0.3, 0.4) is 0 Å². The minimum atomic E-state index is -0.181. The maximum Gasteiger partial charge on any atom is 0.266 e. The third-order valence-electron chi connectivity index (χ3n) is 4.43. The van der Waals surface area contributed by atoms with Crippen molar-refractivity contribution in [1.82, 2.24) is 14.3 Å². The average Bonchev–Trinajstić information content (AvgIpc) is 3.07. The lowest BCUT2D eigenvalue weighted by atomic mass is 10.1. The summed E-state index contributed by atoms with van der Waals surface area (Å²) in [5.74, 6) is -0.131. The van der Waals surface area contributed by atoms with Gasteiger partial charge >= 0.3 is 0 Å². The molecular formula is C21H18N4O2. The molecule has 4 rings (SSSR count). The standard InChI is InChI=1S/C21H18N4O2/c1-24-21(27)11-10-18(23-24)16-7-3-4-8-17(16)22-20(26)14-25-13-12-15-6-2-5-9-19(15)25/h2-13H,14H2,1H3,(H,22,26). The van der Waals surface area contributed by atoms with E-state index in [1.54, 1.807) is 13.1 Å². The number of anilines is 1. The summed E-state index contributed by atoms with van der Waals surface area (Å²) in [5, 5.41) is 8.33. The van der Waals surface area contributed by atoms with Crippen LogP contribution in [0.1, 0.15) is 0 Å². The largest absolute Gasteiger partial charge is 0.338 e. The van der Waals surface area contributed by atoms with Crippen LogP contribution >= 0.6 is 0 Å². The SMILES string of the molecule is Cn1nc(-c2ccccc2NC(=O)Cn2ccc3ccccc32)ccc1=O. The van der Waals surface area contributed by atoms with Crippen molar-refractivity contribution in [3.8, 4) is 11.3 Å². The fourth-order valence-electron chi connectivity index (χ4n) is 3.08. The van der Waals surface area contributed by atoms with Gasteiger partial charge in [0.15, 0.2) is 0 Å². The fourth-order valence-corrected chi connectivity index (χ4v) is 3.08. The van der Waals surface area contributed by atoms with Crippen molar-refractivity contribution in [2.45, 2.75) is 6.54 Å². The van der Waals surface area contributed by atoms with Gasteiger partial charge in [-0.1, -0.05) is 36.4 Å². The van der Waals surface area contributed by atoms with Gasteiger partial charge in [-0.3, -0.25) is 9.59 Å². The molecule has 0 aliphatic heterocycles. The monoisotopic (exact) mass is 358 g/mol. The lowest BCUT2D eigenvalue weighted by Gasteiger charge is -2.12.